The number of rotatable bonds is 4. The second-order valence-corrected chi connectivity index (χ2v) is 7.48. The Labute approximate surface area is 173 Å². The fourth-order valence-corrected chi connectivity index (χ4v) is 3.31. The molecule has 0 aliphatic carbocycles. The van der Waals surface area contributed by atoms with E-state index >= 15 is 0 Å². The zero-order valence-electron chi connectivity index (χ0n) is 15.9. The van der Waals surface area contributed by atoms with E-state index in [0.29, 0.717) is 22.2 Å². The predicted molar refractivity (Wildman–Crippen MR) is 110 cm³/mol. The number of nitrogens with one attached hydrogen (secondary N) is 2. The maximum Gasteiger partial charge on any atom is 0.293 e. The lowest BCUT2D eigenvalue weighted by Crippen LogP contribution is -2.41. The summed E-state index contributed by atoms with van der Waals surface area (Å²) in [4.78, 5) is 37.5. The Morgan fingerprint density at radius 3 is 2.17 bits per heavy atom. The number of hydrogen-bond donors (Lipinski definition) is 2. The van der Waals surface area contributed by atoms with Gasteiger partial charge in [0, 0.05) is 35.3 Å². The highest BCUT2D eigenvalue weighted by Crippen LogP contribution is 2.32. The number of carbonyl (C=O) groups is 2. The van der Waals surface area contributed by atoms with Gasteiger partial charge in [-0.15, -0.1) is 0 Å². The van der Waals surface area contributed by atoms with Crippen molar-refractivity contribution in [1.82, 2.24) is 10.9 Å². The topological polar surface area (TPSA) is 105 Å². The van der Waals surface area contributed by atoms with E-state index in [1.807, 2.05) is 4.90 Å². The van der Waals surface area contributed by atoms with E-state index < -0.39 is 16.7 Å². The molecule has 0 spiro atoms. The summed E-state index contributed by atoms with van der Waals surface area (Å²) in [6.45, 7) is 3.65. The number of amides is 2. The Balaban J connectivity index is 1.70. The molecule has 1 fully saturated rings. The van der Waals surface area contributed by atoms with Crippen molar-refractivity contribution in [2.24, 2.45) is 5.92 Å². The Morgan fingerprint density at radius 2 is 1.59 bits per heavy atom. The largest absolute Gasteiger partial charge is 0.366 e. The second-order valence-electron chi connectivity index (χ2n) is 7.05. The Bertz CT molecular complexity index is 925. The van der Waals surface area contributed by atoms with Crippen LogP contribution in [-0.4, -0.2) is 29.8 Å². The molecule has 9 heteroatoms. The number of nitro groups is 1. The summed E-state index contributed by atoms with van der Waals surface area (Å²) in [7, 11) is 0. The molecule has 152 valence electrons. The number of nitrogens with zero attached hydrogens (tertiary/aromatic N) is 2. The molecule has 29 heavy (non-hydrogen) atoms. The van der Waals surface area contributed by atoms with Crippen LogP contribution >= 0.6 is 11.6 Å². The lowest BCUT2D eigenvalue weighted by Gasteiger charge is -2.31. The monoisotopic (exact) mass is 416 g/mol. The molecule has 1 aliphatic rings. The molecule has 2 N–H and O–H groups in total. The predicted octanol–water partition coefficient (Wildman–Crippen LogP) is 3.56. The number of nitro benzene ring substituents is 1. The molecule has 0 unspecified atom stereocenters. The van der Waals surface area contributed by atoms with Crippen LogP contribution in [0.3, 0.4) is 0 Å². The first-order valence-electron chi connectivity index (χ1n) is 9.25. The smallest absolute Gasteiger partial charge is 0.293 e. The Hall–Kier alpha value is -3.13. The van der Waals surface area contributed by atoms with Gasteiger partial charge < -0.3 is 4.90 Å². The van der Waals surface area contributed by atoms with Crippen LogP contribution in [0, 0.1) is 16.0 Å². The van der Waals surface area contributed by atoms with Crippen LogP contribution in [0.1, 0.15) is 40.5 Å². The van der Waals surface area contributed by atoms with Crippen molar-refractivity contribution in [3.05, 3.63) is 68.7 Å². The fourth-order valence-electron chi connectivity index (χ4n) is 3.19. The minimum atomic E-state index is -0.644. The minimum Gasteiger partial charge on any atom is -0.366 e. The average molecular weight is 417 g/mol. The van der Waals surface area contributed by atoms with Gasteiger partial charge in [-0.05, 0) is 55.2 Å². The van der Waals surface area contributed by atoms with Gasteiger partial charge in [0.1, 0.15) is 5.69 Å². The quantitative estimate of drug-likeness (QED) is 0.585. The zero-order chi connectivity index (χ0) is 21.0. The molecule has 0 bridgehead atoms. The lowest BCUT2D eigenvalue weighted by molar-refractivity contribution is -0.384. The molecule has 8 nitrogen and oxygen atoms in total. The third-order valence-corrected chi connectivity index (χ3v) is 5.21. The second kappa shape index (κ2) is 8.91. The Morgan fingerprint density at radius 1 is 1.03 bits per heavy atom. The summed E-state index contributed by atoms with van der Waals surface area (Å²) < 4.78 is 0. The molecule has 0 radical (unpaired) electrons. The van der Waals surface area contributed by atoms with Crippen molar-refractivity contribution >= 4 is 34.8 Å². The number of hydrogen-bond acceptors (Lipinski definition) is 5. The molecule has 2 aromatic carbocycles. The number of carbonyl (C=O) groups excluding carboxylic acids is 2. The molecule has 1 heterocycles. The van der Waals surface area contributed by atoms with Crippen LogP contribution in [0.5, 0.6) is 0 Å². The molecule has 3 rings (SSSR count). The van der Waals surface area contributed by atoms with Gasteiger partial charge >= 0.3 is 0 Å². The van der Waals surface area contributed by atoms with Crippen molar-refractivity contribution < 1.29 is 14.5 Å². The molecular formula is C20H21ClN4O4. The molecule has 1 saturated heterocycles. The lowest BCUT2D eigenvalue weighted by atomic mass is 9.98. The molecule has 2 aromatic rings. The van der Waals surface area contributed by atoms with E-state index in [9.17, 15) is 19.7 Å². The van der Waals surface area contributed by atoms with Gasteiger partial charge in [-0.3, -0.25) is 30.6 Å². The first-order chi connectivity index (χ1) is 13.8. The molecule has 0 saturated carbocycles. The maximum atomic E-state index is 12.4. The highest BCUT2D eigenvalue weighted by Gasteiger charge is 2.25. The molecule has 2 amide bonds. The Kier molecular flexibility index (Phi) is 6.33. The highest BCUT2D eigenvalue weighted by molar-refractivity contribution is 6.30. The number of anilines is 1. The van der Waals surface area contributed by atoms with Gasteiger partial charge in [0.25, 0.3) is 17.5 Å². The SMILES string of the molecule is CC1CCN(c2ccc(C(=O)NNC(=O)c3ccc(Cl)cc3)cc2[N+](=O)[O-])CC1. The van der Waals surface area contributed by atoms with Gasteiger partial charge in [0.2, 0.25) is 0 Å². The fraction of sp³-hybridized carbons (Fsp3) is 0.300. The van der Waals surface area contributed by atoms with Gasteiger partial charge in [0.15, 0.2) is 0 Å². The molecule has 1 aliphatic heterocycles. The van der Waals surface area contributed by atoms with Gasteiger partial charge in [-0.1, -0.05) is 18.5 Å². The van der Waals surface area contributed by atoms with Gasteiger partial charge in [-0.2, -0.15) is 0 Å². The van der Waals surface area contributed by atoms with Crippen LogP contribution in [0.2, 0.25) is 5.02 Å². The maximum absolute atomic E-state index is 12.4. The van der Waals surface area contributed by atoms with Crippen LogP contribution < -0.4 is 15.8 Å². The van der Waals surface area contributed by atoms with Gasteiger partial charge in [0.05, 0.1) is 4.92 Å². The number of hydrazine groups is 1. The van der Waals surface area contributed by atoms with E-state index in [1.165, 1.54) is 24.3 Å². The summed E-state index contributed by atoms with van der Waals surface area (Å²) in [6.07, 6.45) is 1.94. The number of piperidine rings is 1. The van der Waals surface area contributed by atoms with Crippen LogP contribution in [0.25, 0.3) is 0 Å². The molecular weight excluding hydrogens is 396 g/mol. The van der Waals surface area contributed by atoms with E-state index in [4.69, 9.17) is 11.6 Å². The van der Waals surface area contributed by atoms with Crippen molar-refractivity contribution in [2.75, 3.05) is 18.0 Å². The van der Waals surface area contributed by atoms with E-state index in [0.717, 1.165) is 25.9 Å². The van der Waals surface area contributed by atoms with Crippen molar-refractivity contribution in [3.63, 3.8) is 0 Å². The third kappa shape index (κ3) is 5.03. The van der Waals surface area contributed by atoms with Gasteiger partial charge in [-0.25, -0.2) is 0 Å². The van der Waals surface area contributed by atoms with Crippen molar-refractivity contribution in [1.29, 1.82) is 0 Å². The summed E-state index contributed by atoms with van der Waals surface area (Å²) in [5.74, 6) is -0.572. The van der Waals surface area contributed by atoms with Crippen LogP contribution in [-0.2, 0) is 0 Å². The average Bonchev–Trinajstić information content (AvgIpc) is 2.72. The zero-order valence-corrected chi connectivity index (χ0v) is 16.6. The first-order valence-corrected chi connectivity index (χ1v) is 9.62. The highest BCUT2D eigenvalue weighted by atomic mass is 35.5. The van der Waals surface area contributed by atoms with E-state index in [1.54, 1.807) is 18.2 Å². The van der Waals surface area contributed by atoms with E-state index in [-0.39, 0.29) is 11.3 Å². The standard InChI is InChI=1S/C20H21ClN4O4/c1-13-8-10-24(11-9-13)17-7-4-15(12-18(17)25(28)29)20(27)23-22-19(26)14-2-5-16(21)6-3-14/h2-7,12-13H,8-11H2,1H3,(H,22,26)(H,23,27). The molecule has 0 aromatic heterocycles. The third-order valence-electron chi connectivity index (χ3n) is 4.95. The first kappa shape index (κ1) is 20.6. The number of halogens is 1. The van der Waals surface area contributed by atoms with E-state index in [2.05, 4.69) is 17.8 Å². The summed E-state index contributed by atoms with van der Waals surface area (Å²) in [5, 5.41) is 12.0. The molecule has 0 atom stereocenters. The summed E-state index contributed by atoms with van der Waals surface area (Å²) >= 11 is 5.78. The normalized spacial score (nSPS) is 14.3. The summed E-state index contributed by atoms with van der Waals surface area (Å²) in [6, 6.07) is 10.5. The van der Waals surface area contributed by atoms with Crippen LogP contribution in [0.4, 0.5) is 11.4 Å². The van der Waals surface area contributed by atoms with Crippen molar-refractivity contribution in [3.8, 4) is 0 Å². The van der Waals surface area contributed by atoms with Crippen LogP contribution in [0.15, 0.2) is 42.5 Å². The minimum absolute atomic E-state index is 0.0854. The number of benzene rings is 2. The van der Waals surface area contributed by atoms with Crippen molar-refractivity contribution in [2.45, 2.75) is 19.8 Å². The summed E-state index contributed by atoms with van der Waals surface area (Å²) in [5.41, 5.74) is 5.34.